The van der Waals surface area contributed by atoms with E-state index in [1.165, 1.54) is 5.56 Å². The molecule has 0 bridgehead atoms. The van der Waals surface area contributed by atoms with Crippen LogP contribution in [0.4, 0.5) is 0 Å². The average Bonchev–Trinajstić information content (AvgIpc) is 1.95. The SMILES string of the molecule is COCc1[c]cc(C)cc1. The molecule has 0 N–H and O–H groups in total. The van der Waals surface area contributed by atoms with Crippen molar-refractivity contribution in [3.63, 3.8) is 0 Å². The molecule has 0 saturated heterocycles. The van der Waals surface area contributed by atoms with Crippen molar-refractivity contribution in [1.29, 1.82) is 0 Å². The second kappa shape index (κ2) is 3.37. The average molecular weight is 135 g/mol. The number of methoxy groups -OCH3 is 1. The van der Waals surface area contributed by atoms with Gasteiger partial charge in [-0.15, -0.1) is 0 Å². The fourth-order valence-corrected chi connectivity index (χ4v) is 0.780. The van der Waals surface area contributed by atoms with Gasteiger partial charge in [-0.1, -0.05) is 23.8 Å². The summed E-state index contributed by atoms with van der Waals surface area (Å²) in [4.78, 5) is 0. The molecule has 0 aliphatic carbocycles. The van der Waals surface area contributed by atoms with Gasteiger partial charge in [0.15, 0.2) is 0 Å². The Hall–Kier alpha value is -0.820. The van der Waals surface area contributed by atoms with Crippen molar-refractivity contribution in [2.45, 2.75) is 13.5 Å². The van der Waals surface area contributed by atoms with Gasteiger partial charge in [-0.2, -0.15) is 0 Å². The van der Waals surface area contributed by atoms with Crippen LogP contribution in [0.25, 0.3) is 0 Å². The van der Waals surface area contributed by atoms with E-state index in [0.29, 0.717) is 6.61 Å². The molecule has 1 radical (unpaired) electrons. The Bertz CT molecular complexity index is 188. The molecule has 0 aliphatic rings. The molecule has 1 aromatic rings. The fraction of sp³-hybridized carbons (Fsp3) is 0.333. The van der Waals surface area contributed by atoms with E-state index < -0.39 is 0 Å². The summed E-state index contributed by atoms with van der Waals surface area (Å²) >= 11 is 0. The molecule has 0 amide bonds. The first-order valence-corrected chi connectivity index (χ1v) is 3.29. The molecule has 1 nitrogen and oxygen atoms in total. The summed E-state index contributed by atoms with van der Waals surface area (Å²) in [5.74, 6) is 0. The highest BCUT2D eigenvalue weighted by Crippen LogP contribution is 2.02. The quantitative estimate of drug-likeness (QED) is 0.602. The molecule has 0 heterocycles. The van der Waals surface area contributed by atoms with Crippen molar-refractivity contribution < 1.29 is 4.74 Å². The molecule has 0 unspecified atom stereocenters. The highest BCUT2D eigenvalue weighted by Gasteiger charge is 1.88. The van der Waals surface area contributed by atoms with E-state index in [-0.39, 0.29) is 0 Å². The number of benzene rings is 1. The zero-order valence-corrected chi connectivity index (χ0v) is 6.35. The van der Waals surface area contributed by atoms with Crippen LogP contribution in [0, 0.1) is 13.0 Å². The van der Waals surface area contributed by atoms with Crippen molar-refractivity contribution in [2.75, 3.05) is 7.11 Å². The van der Waals surface area contributed by atoms with Gasteiger partial charge in [-0.05, 0) is 18.6 Å². The van der Waals surface area contributed by atoms with Crippen LogP contribution in [0.1, 0.15) is 11.1 Å². The predicted octanol–water partition coefficient (Wildman–Crippen LogP) is 1.94. The summed E-state index contributed by atoms with van der Waals surface area (Å²) in [6.07, 6.45) is 0. The topological polar surface area (TPSA) is 9.23 Å². The fourth-order valence-electron chi connectivity index (χ4n) is 0.780. The number of aryl methyl sites for hydroxylation is 1. The lowest BCUT2D eigenvalue weighted by molar-refractivity contribution is 0.184. The molecule has 1 aromatic carbocycles. The maximum atomic E-state index is 4.94. The summed E-state index contributed by atoms with van der Waals surface area (Å²) in [7, 11) is 1.69. The van der Waals surface area contributed by atoms with Crippen molar-refractivity contribution in [3.05, 3.63) is 35.4 Å². The Morgan fingerprint density at radius 3 is 2.80 bits per heavy atom. The number of ether oxygens (including phenoxy) is 1. The van der Waals surface area contributed by atoms with E-state index >= 15 is 0 Å². The maximum absolute atomic E-state index is 4.94. The van der Waals surface area contributed by atoms with Crippen LogP contribution >= 0.6 is 0 Å². The molecule has 10 heavy (non-hydrogen) atoms. The van der Waals surface area contributed by atoms with E-state index in [9.17, 15) is 0 Å². The third-order valence-electron chi connectivity index (χ3n) is 1.33. The van der Waals surface area contributed by atoms with Crippen LogP contribution in [0.5, 0.6) is 0 Å². The predicted molar refractivity (Wildman–Crippen MR) is 40.7 cm³/mol. The second-order valence-electron chi connectivity index (χ2n) is 2.32. The molecule has 53 valence electrons. The lowest BCUT2D eigenvalue weighted by Gasteiger charge is -1.97. The molecular weight excluding hydrogens is 124 g/mol. The van der Waals surface area contributed by atoms with E-state index in [1.54, 1.807) is 7.11 Å². The van der Waals surface area contributed by atoms with Crippen LogP contribution < -0.4 is 0 Å². The van der Waals surface area contributed by atoms with Gasteiger partial charge in [0, 0.05) is 7.11 Å². The highest BCUT2D eigenvalue weighted by molar-refractivity contribution is 5.19. The number of hydrogen-bond donors (Lipinski definition) is 0. The molecule has 0 spiro atoms. The van der Waals surface area contributed by atoms with Gasteiger partial charge in [0.25, 0.3) is 0 Å². The first-order chi connectivity index (χ1) is 4.83. The molecule has 0 atom stereocenters. The van der Waals surface area contributed by atoms with Crippen molar-refractivity contribution in [2.24, 2.45) is 0 Å². The highest BCUT2D eigenvalue weighted by atomic mass is 16.5. The summed E-state index contributed by atoms with van der Waals surface area (Å²) in [5.41, 5.74) is 2.34. The minimum atomic E-state index is 0.653. The normalized spacial score (nSPS) is 9.80. The van der Waals surface area contributed by atoms with Crippen LogP contribution in [0.2, 0.25) is 0 Å². The van der Waals surface area contributed by atoms with Crippen molar-refractivity contribution >= 4 is 0 Å². The third kappa shape index (κ3) is 1.85. The largest absolute Gasteiger partial charge is 0.380 e. The monoisotopic (exact) mass is 135 g/mol. The Morgan fingerprint density at radius 1 is 1.50 bits per heavy atom. The standard InChI is InChI=1S/C9H11O/c1-8-3-5-9(6-4-8)7-10-2/h3-5H,7H2,1-2H3. The molecule has 0 aliphatic heterocycles. The van der Waals surface area contributed by atoms with Gasteiger partial charge in [-0.25, -0.2) is 0 Å². The molecule has 1 heteroatoms. The van der Waals surface area contributed by atoms with Crippen LogP contribution in [0.3, 0.4) is 0 Å². The van der Waals surface area contributed by atoms with Crippen LogP contribution in [-0.4, -0.2) is 7.11 Å². The Balaban J connectivity index is 2.69. The Morgan fingerprint density at radius 2 is 2.30 bits per heavy atom. The Kier molecular flexibility index (Phi) is 2.46. The van der Waals surface area contributed by atoms with E-state index in [1.807, 2.05) is 19.1 Å². The molecule has 0 fully saturated rings. The minimum absolute atomic E-state index is 0.653. The summed E-state index contributed by atoms with van der Waals surface area (Å²) in [6.45, 7) is 2.70. The van der Waals surface area contributed by atoms with Gasteiger partial charge >= 0.3 is 0 Å². The number of rotatable bonds is 2. The first-order valence-electron chi connectivity index (χ1n) is 3.29. The van der Waals surface area contributed by atoms with E-state index in [0.717, 1.165) is 5.56 Å². The minimum Gasteiger partial charge on any atom is -0.380 e. The molecule has 0 aromatic heterocycles. The van der Waals surface area contributed by atoms with Gasteiger partial charge in [-0.3, -0.25) is 0 Å². The van der Waals surface area contributed by atoms with Gasteiger partial charge < -0.3 is 4.74 Å². The summed E-state index contributed by atoms with van der Waals surface area (Å²) in [6, 6.07) is 9.17. The van der Waals surface area contributed by atoms with Gasteiger partial charge in [0.1, 0.15) is 0 Å². The van der Waals surface area contributed by atoms with E-state index in [4.69, 9.17) is 4.74 Å². The first kappa shape index (κ1) is 7.29. The molecule has 1 rings (SSSR count). The third-order valence-corrected chi connectivity index (χ3v) is 1.33. The van der Waals surface area contributed by atoms with Crippen LogP contribution in [-0.2, 0) is 11.3 Å². The summed E-state index contributed by atoms with van der Waals surface area (Å²) in [5, 5.41) is 0. The van der Waals surface area contributed by atoms with Crippen LogP contribution in [0.15, 0.2) is 18.2 Å². The van der Waals surface area contributed by atoms with Gasteiger partial charge in [0.2, 0.25) is 0 Å². The molecule has 0 saturated carbocycles. The zero-order valence-electron chi connectivity index (χ0n) is 6.35. The lowest BCUT2D eigenvalue weighted by Crippen LogP contribution is -1.86. The van der Waals surface area contributed by atoms with Crippen molar-refractivity contribution in [1.82, 2.24) is 0 Å². The number of hydrogen-bond acceptors (Lipinski definition) is 1. The van der Waals surface area contributed by atoms with Gasteiger partial charge in [0.05, 0.1) is 6.61 Å². The smallest absolute Gasteiger partial charge is 0.0719 e. The zero-order chi connectivity index (χ0) is 7.40. The Labute approximate surface area is 61.6 Å². The second-order valence-corrected chi connectivity index (χ2v) is 2.32. The van der Waals surface area contributed by atoms with E-state index in [2.05, 4.69) is 12.1 Å². The summed E-state index contributed by atoms with van der Waals surface area (Å²) < 4.78 is 4.94. The maximum Gasteiger partial charge on any atom is 0.0719 e. The van der Waals surface area contributed by atoms with Crippen molar-refractivity contribution in [3.8, 4) is 0 Å². The lowest BCUT2D eigenvalue weighted by atomic mass is 10.2. The molecular formula is C9H11O.